The molecular weight excluding hydrogens is 692 g/mol. The van der Waals surface area contributed by atoms with E-state index in [2.05, 4.69) is 20.9 Å². The number of imide groups is 1. The maximum absolute atomic E-state index is 13.8. The van der Waals surface area contributed by atoms with Crippen molar-refractivity contribution in [2.24, 2.45) is 17.8 Å². The molecule has 4 N–H and O–H groups in total. The molecule has 1 fully saturated rings. The van der Waals surface area contributed by atoms with E-state index in [1.165, 1.54) is 4.90 Å². The van der Waals surface area contributed by atoms with E-state index < -0.39 is 36.4 Å². The summed E-state index contributed by atoms with van der Waals surface area (Å²) in [5.74, 6) is -3.20. The number of aromatic hydroxyl groups is 1. The second kappa shape index (κ2) is 16.9. The summed E-state index contributed by atoms with van der Waals surface area (Å²) in [6.07, 6.45) is 4.71. The first-order valence-electron chi connectivity index (χ1n) is 16.5. The van der Waals surface area contributed by atoms with E-state index in [1.54, 1.807) is 30.5 Å². The Balaban J connectivity index is 1.42. The molecule has 1 aliphatic carbocycles. The third kappa shape index (κ3) is 8.83. The van der Waals surface area contributed by atoms with Crippen molar-refractivity contribution in [3.8, 4) is 11.5 Å². The number of unbranched alkanes of at least 4 members (excludes halogenated alkanes) is 2. The standard InChI is InChI=1S/C38H41BrN2O8/c39-27-14-16-32(43)25(20-27)19-24(31-11-6-7-17-40-31)13-15-33(44)35-26(23-49-28-9-3-1-4-10-28)21-29-36(30(35)22-42)38(48)41(37(29)47)18-8-2-5-12-34(45)46/h1,3-4,6-7,9-11,14,16-17,19-20,29-30,33,36,42-44H,2,5,8,12-13,15,18,21-23H2,(H,45,46)/b24-19-/t29-,30+,33-,36-/m1/s1. The predicted molar refractivity (Wildman–Crippen MR) is 187 cm³/mol. The number of amides is 2. The number of aliphatic carboxylic acids is 1. The molecule has 0 bridgehead atoms. The van der Waals surface area contributed by atoms with Crippen LogP contribution in [0.4, 0.5) is 0 Å². The number of nitrogens with zero attached hydrogens (tertiary/aromatic N) is 2. The second-order valence-corrected chi connectivity index (χ2v) is 13.4. The number of phenols is 1. The number of halogens is 1. The van der Waals surface area contributed by atoms with Gasteiger partial charge in [0.2, 0.25) is 11.8 Å². The number of rotatable bonds is 16. The zero-order valence-electron chi connectivity index (χ0n) is 27.1. The van der Waals surface area contributed by atoms with Gasteiger partial charge in [0, 0.05) is 35.1 Å². The number of hydrogen-bond acceptors (Lipinski definition) is 8. The minimum atomic E-state index is -1.08. The Morgan fingerprint density at radius 1 is 1.02 bits per heavy atom. The minimum Gasteiger partial charge on any atom is -0.507 e. The minimum absolute atomic E-state index is 0.0248. The number of benzene rings is 2. The number of aromatic nitrogens is 1. The fourth-order valence-electron chi connectivity index (χ4n) is 6.89. The number of carbonyl (C=O) groups excluding carboxylic acids is 2. The highest BCUT2D eigenvalue weighted by atomic mass is 79.9. The number of carbonyl (C=O) groups is 3. The smallest absolute Gasteiger partial charge is 0.303 e. The number of carboxylic acid groups (broad SMARTS) is 1. The van der Waals surface area contributed by atoms with Gasteiger partial charge in [0.05, 0.1) is 30.2 Å². The van der Waals surface area contributed by atoms with Crippen molar-refractivity contribution >= 4 is 45.4 Å². The maximum atomic E-state index is 13.8. The summed E-state index contributed by atoms with van der Waals surface area (Å²) >= 11 is 3.46. The highest BCUT2D eigenvalue weighted by molar-refractivity contribution is 9.10. The van der Waals surface area contributed by atoms with E-state index in [4.69, 9.17) is 9.84 Å². The normalized spacial score (nSPS) is 20.0. The molecule has 1 saturated heterocycles. The lowest BCUT2D eigenvalue weighted by atomic mass is 9.68. The number of para-hydroxylation sites is 1. The molecule has 2 aromatic carbocycles. The number of pyridine rings is 1. The molecule has 49 heavy (non-hydrogen) atoms. The number of fused-ring (bicyclic) bond motifs is 1. The summed E-state index contributed by atoms with van der Waals surface area (Å²) in [7, 11) is 0. The first kappa shape index (κ1) is 36.0. The molecule has 0 radical (unpaired) electrons. The Labute approximate surface area is 293 Å². The van der Waals surface area contributed by atoms with Gasteiger partial charge >= 0.3 is 5.97 Å². The van der Waals surface area contributed by atoms with Gasteiger partial charge in [0.25, 0.3) is 0 Å². The third-order valence-corrected chi connectivity index (χ3v) is 9.75. The molecule has 4 atom stereocenters. The molecule has 11 heteroatoms. The van der Waals surface area contributed by atoms with Crippen LogP contribution < -0.4 is 4.74 Å². The molecule has 5 rings (SSSR count). The molecule has 2 aliphatic rings. The van der Waals surface area contributed by atoms with Gasteiger partial charge in [0.1, 0.15) is 18.1 Å². The Morgan fingerprint density at radius 3 is 2.51 bits per heavy atom. The average Bonchev–Trinajstić information content (AvgIpc) is 3.34. The van der Waals surface area contributed by atoms with Crippen molar-refractivity contribution in [2.75, 3.05) is 19.8 Å². The monoisotopic (exact) mass is 732 g/mol. The largest absolute Gasteiger partial charge is 0.507 e. The van der Waals surface area contributed by atoms with Gasteiger partial charge in [-0.3, -0.25) is 24.3 Å². The number of aliphatic hydroxyl groups is 2. The quantitative estimate of drug-likeness (QED) is 0.0804. The van der Waals surface area contributed by atoms with Crippen LogP contribution in [0, 0.1) is 17.8 Å². The predicted octanol–water partition coefficient (Wildman–Crippen LogP) is 5.87. The number of carboxylic acids is 1. The molecule has 1 aromatic heterocycles. The van der Waals surface area contributed by atoms with Crippen LogP contribution in [0.25, 0.3) is 11.6 Å². The van der Waals surface area contributed by atoms with Gasteiger partial charge in [-0.05, 0) is 97.4 Å². The lowest BCUT2D eigenvalue weighted by Gasteiger charge is -2.36. The summed E-state index contributed by atoms with van der Waals surface area (Å²) in [4.78, 5) is 44.1. The number of phenolic OH excluding ortho intramolecular Hbond substituents is 1. The van der Waals surface area contributed by atoms with Crippen molar-refractivity contribution in [2.45, 2.75) is 51.0 Å². The van der Waals surface area contributed by atoms with Gasteiger partial charge < -0.3 is 25.2 Å². The van der Waals surface area contributed by atoms with E-state index >= 15 is 0 Å². The van der Waals surface area contributed by atoms with Crippen molar-refractivity contribution in [3.05, 3.63) is 99.8 Å². The SMILES string of the molecule is O=C(O)CCCCCN1C(=O)[C@@H]2[C@@H](CC(COc3ccccc3)=C([C@H](O)CC/C(=C/c3cc(Br)ccc3O)c3ccccn3)[C@@H]2CO)C1=O. The molecule has 3 aromatic rings. The fraction of sp³-hybridized carbons (Fsp3) is 0.368. The Kier molecular flexibility index (Phi) is 12.4. The lowest BCUT2D eigenvalue weighted by Crippen LogP contribution is -2.40. The molecule has 0 unspecified atom stereocenters. The number of likely N-dealkylation sites (tertiary alicyclic amines) is 1. The van der Waals surface area contributed by atoms with Crippen molar-refractivity contribution in [1.29, 1.82) is 0 Å². The van der Waals surface area contributed by atoms with Gasteiger partial charge in [0.15, 0.2) is 0 Å². The molecule has 10 nitrogen and oxygen atoms in total. The number of allylic oxidation sites excluding steroid dienone is 1. The van der Waals surface area contributed by atoms with Gasteiger partial charge in [-0.15, -0.1) is 0 Å². The van der Waals surface area contributed by atoms with E-state index in [9.17, 15) is 29.7 Å². The van der Waals surface area contributed by atoms with Crippen molar-refractivity contribution < 1.29 is 39.5 Å². The summed E-state index contributed by atoms with van der Waals surface area (Å²) in [5.41, 5.74) is 3.20. The summed E-state index contributed by atoms with van der Waals surface area (Å²) in [6, 6.07) is 19.8. The topological polar surface area (TPSA) is 157 Å². The van der Waals surface area contributed by atoms with Crippen LogP contribution in [-0.4, -0.2) is 74.0 Å². The van der Waals surface area contributed by atoms with Crippen LogP contribution in [0.15, 0.2) is 88.5 Å². The van der Waals surface area contributed by atoms with Crippen LogP contribution in [-0.2, 0) is 14.4 Å². The fourth-order valence-corrected chi connectivity index (χ4v) is 7.27. The van der Waals surface area contributed by atoms with Crippen LogP contribution in [0.5, 0.6) is 11.5 Å². The number of hydrogen-bond donors (Lipinski definition) is 4. The van der Waals surface area contributed by atoms with Gasteiger partial charge in [-0.25, -0.2) is 0 Å². The zero-order chi connectivity index (χ0) is 34.9. The summed E-state index contributed by atoms with van der Waals surface area (Å²) in [5, 5.41) is 42.2. The first-order valence-corrected chi connectivity index (χ1v) is 17.3. The Bertz CT molecular complexity index is 1690. The van der Waals surface area contributed by atoms with Crippen LogP contribution in [0.3, 0.4) is 0 Å². The van der Waals surface area contributed by atoms with Crippen molar-refractivity contribution in [3.63, 3.8) is 0 Å². The molecule has 0 spiro atoms. The highest BCUT2D eigenvalue weighted by Crippen LogP contribution is 2.46. The molecule has 0 saturated carbocycles. The summed E-state index contributed by atoms with van der Waals surface area (Å²) < 4.78 is 6.89. The average molecular weight is 734 g/mol. The first-order chi connectivity index (χ1) is 23.7. The third-order valence-electron chi connectivity index (χ3n) is 9.26. The Hall–Kier alpha value is -4.32. The number of ether oxygens (including phenoxy) is 1. The molecule has 1 aliphatic heterocycles. The van der Waals surface area contributed by atoms with Gasteiger partial charge in [-0.2, -0.15) is 0 Å². The molecular formula is C38H41BrN2O8. The van der Waals surface area contributed by atoms with Crippen LogP contribution >= 0.6 is 15.9 Å². The van der Waals surface area contributed by atoms with Crippen LogP contribution in [0.1, 0.15) is 56.2 Å². The number of aliphatic hydroxyl groups excluding tert-OH is 2. The van der Waals surface area contributed by atoms with Gasteiger partial charge in [-0.1, -0.05) is 46.6 Å². The van der Waals surface area contributed by atoms with Crippen LogP contribution in [0.2, 0.25) is 0 Å². The Morgan fingerprint density at radius 2 is 1.80 bits per heavy atom. The van der Waals surface area contributed by atoms with E-state index in [-0.39, 0.29) is 50.0 Å². The molecule has 258 valence electrons. The summed E-state index contributed by atoms with van der Waals surface area (Å²) in [6.45, 7) is -0.193. The molecule has 2 heterocycles. The lowest BCUT2D eigenvalue weighted by molar-refractivity contribution is -0.141. The maximum Gasteiger partial charge on any atom is 0.303 e. The zero-order valence-corrected chi connectivity index (χ0v) is 28.7. The highest BCUT2D eigenvalue weighted by Gasteiger charge is 2.54. The van der Waals surface area contributed by atoms with E-state index in [0.29, 0.717) is 53.8 Å². The van der Waals surface area contributed by atoms with Crippen molar-refractivity contribution in [1.82, 2.24) is 9.88 Å². The van der Waals surface area contributed by atoms with E-state index in [0.717, 1.165) is 10.0 Å². The van der Waals surface area contributed by atoms with E-state index in [1.807, 2.05) is 48.5 Å². The molecule has 2 amide bonds. The second-order valence-electron chi connectivity index (χ2n) is 12.5.